The van der Waals surface area contributed by atoms with Crippen LogP contribution >= 0.6 is 39.0 Å². The summed E-state index contributed by atoms with van der Waals surface area (Å²) in [4.78, 5) is 29.3. The topological polar surface area (TPSA) is 68.3 Å². The number of nitrogens with zero attached hydrogens (tertiary/aromatic N) is 1. The molecule has 3 rings (SSSR count). The molecule has 10 heteroatoms. The molecule has 5 nitrogen and oxygen atoms in total. The molecule has 1 aromatic heterocycles. The van der Waals surface area contributed by atoms with Crippen LogP contribution in [0.15, 0.2) is 56.7 Å². The maximum Gasteiger partial charge on any atom is 0.339 e. The van der Waals surface area contributed by atoms with E-state index in [4.69, 9.17) is 4.74 Å². The molecule has 150 valence electrons. The highest BCUT2D eigenvalue weighted by atomic mass is 79.9. The number of aromatic nitrogens is 1. The van der Waals surface area contributed by atoms with Gasteiger partial charge in [-0.05, 0) is 34.1 Å². The van der Waals surface area contributed by atoms with Crippen LogP contribution in [-0.2, 0) is 15.3 Å². The first-order valence-corrected chi connectivity index (χ1v) is 10.9. The number of benzene rings is 2. The van der Waals surface area contributed by atoms with E-state index in [0.29, 0.717) is 22.3 Å². The number of carbonyl (C=O) groups is 2. The van der Waals surface area contributed by atoms with Gasteiger partial charge in [0.25, 0.3) is 5.91 Å². The summed E-state index contributed by atoms with van der Waals surface area (Å²) in [6.45, 7) is -0.618. The molecule has 0 bridgehead atoms. The predicted octanol–water partition coefficient (Wildman–Crippen LogP) is 5.27. The highest BCUT2D eigenvalue weighted by Gasteiger charge is 2.17. The van der Waals surface area contributed by atoms with Crippen molar-refractivity contribution in [3.63, 3.8) is 0 Å². The fraction of sp³-hybridized carbons (Fsp3) is 0.105. The molecule has 2 aromatic carbocycles. The maximum absolute atomic E-state index is 13.8. The summed E-state index contributed by atoms with van der Waals surface area (Å²) in [7, 11) is 0. The van der Waals surface area contributed by atoms with Gasteiger partial charge < -0.3 is 10.1 Å². The Bertz CT molecular complexity index is 1010. The minimum atomic E-state index is -0.944. The molecule has 0 fully saturated rings. The Morgan fingerprint density at radius 1 is 1.24 bits per heavy atom. The van der Waals surface area contributed by atoms with Gasteiger partial charge in [-0.2, -0.15) is 0 Å². The van der Waals surface area contributed by atoms with Crippen molar-refractivity contribution in [2.24, 2.45) is 0 Å². The molecule has 0 unspecified atom stereocenters. The van der Waals surface area contributed by atoms with Crippen molar-refractivity contribution in [1.29, 1.82) is 0 Å². The largest absolute Gasteiger partial charge is 0.452 e. The molecule has 29 heavy (non-hydrogen) atoms. The number of nitrogens with one attached hydrogen (secondary N) is 1. The Hall–Kier alpha value is -2.30. The van der Waals surface area contributed by atoms with E-state index in [9.17, 15) is 18.4 Å². The van der Waals surface area contributed by atoms with Gasteiger partial charge in [-0.25, -0.2) is 18.6 Å². The van der Waals surface area contributed by atoms with Gasteiger partial charge in [-0.1, -0.05) is 12.1 Å². The van der Waals surface area contributed by atoms with Crippen molar-refractivity contribution in [2.45, 2.75) is 10.6 Å². The van der Waals surface area contributed by atoms with Crippen LogP contribution in [0, 0.1) is 11.6 Å². The first kappa shape index (κ1) is 21.4. The van der Waals surface area contributed by atoms with E-state index in [1.165, 1.54) is 23.1 Å². The van der Waals surface area contributed by atoms with Crippen molar-refractivity contribution in [3.05, 3.63) is 74.7 Å². The standard InChI is InChI=1S/C19H13BrF2N2O3S2/c20-14-5-11(21)6-15(22)18(14)24-17(25)7-27-19(26)13-3-1-2-4-16(13)29-9-12-8-28-10-23-12/h1-6,8,10H,7,9H2,(H,24,25). The molecule has 0 aliphatic heterocycles. The number of hydrogen-bond donors (Lipinski definition) is 1. The molecule has 0 radical (unpaired) electrons. The fourth-order valence-electron chi connectivity index (χ4n) is 2.27. The second kappa shape index (κ2) is 9.95. The minimum absolute atomic E-state index is 0.0402. The summed E-state index contributed by atoms with van der Waals surface area (Å²) in [5.74, 6) is -2.57. The Balaban J connectivity index is 1.60. The van der Waals surface area contributed by atoms with E-state index in [0.717, 1.165) is 11.8 Å². The molecule has 1 N–H and O–H groups in total. The summed E-state index contributed by atoms with van der Waals surface area (Å²) in [5, 5.41) is 4.18. The number of halogens is 3. The number of amides is 1. The van der Waals surface area contributed by atoms with Crippen LogP contribution in [0.5, 0.6) is 0 Å². The van der Waals surface area contributed by atoms with E-state index >= 15 is 0 Å². The Morgan fingerprint density at radius 3 is 2.76 bits per heavy atom. The molecular formula is C19H13BrF2N2O3S2. The number of thiazole rings is 1. The zero-order valence-electron chi connectivity index (χ0n) is 14.7. The van der Waals surface area contributed by atoms with Gasteiger partial charge in [0.15, 0.2) is 12.4 Å². The van der Waals surface area contributed by atoms with E-state index < -0.39 is 30.1 Å². The molecule has 0 spiro atoms. The van der Waals surface area contributed by atoms with Crippen LogP contribution in [0.4, 0.5) is 14.5 Å². The number of esters is 1. The summed E-state index contributed by atoms with van der Waals surface area (Å²) >= 11 is 5.89. The number of thioether (sulfide) groups is 1. The third-order valence-electron chi connectivity index (χ3n) is 3.57. The number of rotatable bonds is 7. The van der Waals surface area contributed by atoms with Gasteiger partial charge >= 0.3 is 5.97 Å². The maximum atomic E-state index is 13.8. The van der Waals surface area contributed by atoms with Crippen LogP contribution in [0.3, 0.4) is 0 Å². The van der Waals surface area contributed by atoms with Crippen LogP contribution in [0.2, 0.25) is 0 Å². The van der Waals surface area contributed by atoms with Crippen LogP contribution in [0.1, 0.15) is 16.1 Å². The highest BCUT2D eigenvalue weighted by molar-refractivity contribution is 9.10. The summed E-state index contributed by atoms with van der Waals surface area (Å²) < 4.78 is 32.0. The van der Waals surface area contributed by atoms with Crippen molar-refractivity contribution < 1.29 is 23.1 Å². The van der Waals surface area contributed by atoms with Crippen molar-refractivity contribution >= 4 is 56.6 Å². The molecule has 0 atom stereocenters. The predicted molar refractivity (Wildman–Crippen MR) is 111 cm³/mol. The van der Waals surface area contributed by atoms with Gasteiger partial charge in [0, 0.05) is 26.6 Å². The van der Waals surface area contributed by atoms with E-state index in [1.807, 2.05) is 5.38 Å². The number of anilines is 1. The third-order valence-corrected chi connectivity index (χ3v) is 5.94. The molecule has 0 aliphatic rings. The molecule has 0 saturated heterocycles. The molecule has 1 heterocycles. The quantitative estimate of drug-likeness (QED) is 0.354. The molecule has 1 amide bonds. The lowest BCUT2D eigenvalue weighted by molar-refractivity contribution is -0.119. The van der Waals surface area contributed by atoms with Gasteiger partial charge in [-0.15, -0.1) is 23.1 Å². The van der Waals surface area contributed by atoms with Gasteiger partial charge in [0.2, 0.25) is 0 Å². The van der Waals surface area contributed by atoms with Crippen molar-refractivity contribution in [2.75, 3.05) is 11.9 Å². The normalized spacial score (nSPS) is 10.6. The zero-order valence-corrected chi connectivity index (χ0v) is 17.9. The Morgan fingerprint density at radius 2 is 2.03 bits per heavy atom. The molecular weight excluding hydrogens is 486 g/mol. The zero-order chi connectivity index (χ0) is 20.8. The Kier molecular flexibility index (Phi) is 7.34. The molecule has 0 aliphatic carbocycles. The first-order chi connectivity index (χ1) is 13.9. The average molecular weight is 499 g/mol. The number of ether oxygens (including phenoxy) is 1. The summed E-state index contributed by atoms with van der Waals surface area (Å²) in [5.41, 5.74) is 2.72. The van der Waals surface area contributed by atoms with Crippen LogP contribution in [-0.4, -0.2) is 23.5 Å². The van der Waals surface area contributed by atoms with Gasteiger partial charge in [0.05, 0.1) is 22.5 Å². The second-order valence-electron chi connectivity index (χ2n) is 5.63. The fourth-order valence-corrected chi connectivity index (χ4v) is 4.38. The first-order valence-electron chi connectivity index (χ1n) is 8.14. The Labute approximate surface area is 181 Å². The van der Waals surface area contributed by atoms with E-state index in [1.54, 1.807) is 29.8 Å². The summed E-state index contributed by atoms with van der Waals surface area (Å²) in [6, 6.07) is 8.51. The second-order valence-corrected chi connectivity index (χ2v) is 8.22. The van der Waals surface area contributed by atoms with Gasteiger partial charge in [0.1, 0.15) is 5.82 Å². The van der Waals surface area contributed by atoms with Crippen LogP contribution < -0.4 is 5.32 Å². The SMILES string of the molecule is O=C(COC(=O)c1ccccc1SCc1cscn1)Nc1c(F)cc(F)cc1Br. The van der Waals surface area contributed by atoms with Crippen LogP contribution in [0.25, 0.3) is 0 Å². The van der Waals surface area contributed by atoms with Crippen molar-refractivity contribution in [1.82, 2.24) is 4.98 Å². The third kappa shape index (κ3) is 5.84. The smallest absolute Gasteiger partial charge is 0.339 e. The number of carbonyl (C=O) groups excluding carboxylic acids is 2. The lowest BCUT2D eigenvalue weighted by atomic mass is 10.2. The highest BCUT2D eigenvalue weighted by Crippen LogP contribution is 2.28. The van der Waals surface area contributed by atoms with E-state index in [-0.39, 0.29) is 10.2 Å². The molecule has 0 saturated carbocycles. The van der Waals surface area contributed by atoms with Gasteiger partial charge in [-0.3, -0.25) is 4.79 Å². The van der Waals surface area contributed by atoms with Crippen molar-refractivity contribution in [3.8, 4) is 0 Å². The minimum Gasteiger partial charge on any atom is -0.452 e. The molecule has 3 aromatic rings. The average Bonchev–Trinajstić information content (AvgIpc) is 3.21. The lowest BCUT2D eigenvalue weighted by Crippen LogP contribution is -2.22. The summed E-state index contributed by atoms with van der Waals surface area (Å²) in [6.07, 6.45) is 0. The number of hydrogen-bond acceptors (Lipinski definition) is 6. The monoisotopic (exact) mass is 498 g/mol. The lowest BCUT2D eigenvalue weighted by Gasteiger charge is -2.11. The van der Waals surface area contributed by atoms with E-state index in [2.05, 4.69) is 26.2 Å².